The van der Waals surface area contributed by atoms with E-state index in [0.717, 1.165) is 25.7 Å². The fraction of sp³-hybridized carbons (Fsp3) is 0.750. The third-order valence-electron chi connectivity index (χ3n) is 5.12. The average Bonchev–Trinajstić information content (AvgIpc) is 2.89. The maximum Gasteiger partial charge on any atom is 0.150 e. The molecule has 5 heteroatoms. The Hall–Kier alpha value is -0.390. The summed E-state index contributed by atoms with van der Waals surface area (Å²) in [5, 5.41) is -0.183. The van der Waals surface area contributed by atoms with E-state index in [4.69, 9.17) is 5.73 Å². The third kappa shape index (κ3) is 3.35. The first-order valence-electron chi connectivity index (χ1n) is 8.01. The Bertz CT molecular complexity index is 582. The molecular weight excluding hydrogens is 302 g/mol. The van der Waals surface area contributed by atoms with Crippen LogP contribution in [0.15, 0.2) is 6.07 Å². The van der Waals surface area contributed by atoms with Gasteiger partial charge in [0.1, 0.15) is 9.84 Å². The Kier molecular flexibility index (Phi) is 4.44. The highest BCUT2D eigenvalue weighted by Gasteiger charge is 2.33. The van der Waals surface area contributed by atoms with Gasteiger partial charge in [-0.25, -0.2) is 8.42 Å². The zero-order chi connectivity index (χ0) is 15.0. The lowest BCUT2D eigenvalue weighted by atomic mass is 9.83. The van der Waals surface area contributed by atoms with Crippen LogP contribution in [-0.2, 0) is 22.7 Å². The summed E-state index contributed by atoms with van der Waals surface area (Å²) in [6, 6.07) is 2.32. The predicted octanol–water partition coefficient (Wildman–Crippen LogP) is 3.23. The van der Waals surface area contributed by atoms with Gasteiger partial charge in [0, 0.05) is 22.1 Å². The smallest absolute Gasteiger partial charge is 0.150 e. The molecule has 0 aliphatic heterocycles. The Morgan fingerprint density at radius 3 is 2.71 bits per heavy atom. The van der Waals surface area contributed by atoms with Gasteiger partial charge in [0.25, 0.3) is 0 Å². The zero-order valence-electron chi connectivity index (χ0n) is 12.7. The molecule has 0 aromatic carbocycles. The highest BCUT2D eigenvalue weighted by Crippen LogP contribution is 2.40. The predicted molar refractivity (Wildman–Crippen MR) is 88.5 cm³/mol. The normalized spacial score (nSPS) is 28.1. The molecule has 3 atom stereocenters. The molecule has 118 valence electrons. The van der Waals surface area contributed by atoms with E-state index in [1.807, 2.05) is 11.3 Å². The summed E-state index contributed by atoms with van der Waals surface area (Å²) in [5.41, 5.74) is 8.00. The summed E-state index contributed by atoms with van der Waals surface area (Å²) in [6.07, 6.45) is 9.94. The van der Waals surface area contributed by atoms with Crippen molar-refractivity contribution in [3.05, 3.63) is 21.4 Å². The summed E-state index contributed by atoms with van der Waals surface area (Å²) in [7, 11) is -2.93. The van der Waals surface area contributed by atoms with Gasteiger partial charge in [0.2, 0.25) is 0 Å². The van der Waals surface area contributed by atoms with E-state index in [2.05, 4.69) is 6.07 Å². The molecule has 3 nitrogen and oxygen atoms in total. The third-order valence-corrected chi connectivity index (χ3v) is 8.10. The summed E-state index contributed by atoms with van der Waals surface area (Å²) in [4.78, 5) is 2.79. The average molecular weight is 328 g/mol. The Labute approximate surface area is 131 Å². The number of thiophene rings is 1. The van der Waals surface area contributed by atoms with Crippen LogP contribution in [0.25, 0.3) is 0 Å². The largest absolute Gasteiger partial charge is 0.323 e. The van der Waals surface area contributed by atoms with Crippen molar-refractivity contribution < 1.29 is 8.42 Å². The van der Waals surface area contributed by atoms with Crippen LogP contribution >= 0.6 is 11.3 Å². The molecule has 0 radical (unpaired) electrons. The van der Waals surface area contributed by atoms with Crippen molar-refractivity contribution in [1.29, 1.82) is 0 Å². The second-order valence-electron chi connectivity index (χ2n) is 6.71. The Balaban J connectivity index is 1.75. The molecule has 2 N–H and O–H groups in total. The lowest BCUT2D eigenvalue weighted by Gasteiger charge is -2.31. The van der Waals surface area contributed by atoms with Crippen molar-refractivity contribution in [3.63, 3.8) is 0 Å². The fourth-order valence-electron chi connectivity index (χ4n) is 3.81. The molecule has 3 unspecified atom stereocenters. The van der Waals surface area contributed by atoms with Crippen LogP contribution < -0.4 is 5.73 Å². The first-order chi connectivity index (χ1) is 9.95. The second kappa shape index (κ2) is 6.01. The number of hydrogen-bond donors (Lipinski definition) is 1. The second-order valence-corrected chi connectivity index (χ2v) is 10.2. The highest BCUT2D eigenvalue weighted by atomic mass is 32.2. The summed E-state index contributed by atoms with van der Waals surface area (Å²) >= 11 is 1.87. The number of fused-ring (bicyclic) bond motifs is 1. The first kappa shape index (κ1) is 15.5. The highest BCUT2D eigenvalue weighted by molar-refractivity contribution is 7.91. The SMILES string of the molecule is CS(=O)(=O)C1CCCC(C(N)c2cc3c(s2)CCCC3)C1. The molecule has 0 bridgehead atoms. The van der Waals surface area contributed by atoms with Crippen LogP contribution in [0.1, 0.15) is 59.9 Å². The molecule has 2 aliphatic carbocycles. The van der Waals surface area contributed by atoms with Crippen LogP contribution in [-0.4, -0.2) is 19.9 Å². The van der Waals surface area contributed by atoms with E-state index in [9.17, 15) is 8.42 Å². The Morgan fingerprint density at radius 2 is 2.00 bits per heavy atom. The zero-order valence-corrected chi connectivity index (χ0v) is 14.3. The quantitative estimate of drug-likeness (QED) is 0.927. The van der Waals surface area contributed by atoms with Gasteiger partial charge in [-0.15, -0.1) is 11.3 Å². The van der Waals surface area contributed by atoms with Gasteiger partial charge in [0.05, 0.1) is 5.25 Å². The van der Waals surface area contributed by atoms with E-state index < -0.39 is 9.84 Å². The monoisotopic (exact) mass is 327 g/mol. The maximum atomic E-state index is 11.8. The lowest BCUT2D eigenvalue weighted by Crippen LogP contribution is -2.32. The standard InChI is InChI=1S/C16H25NO2S2/c1-21(18,19)13-7-4-6-12(9-13)16(17)15-10-11-5-2-3-8-14(11)20-15/h10,12-13,16H,2-9,17H2,1H3. The van der Waals surface area contributed by atoms with Crippen molar-refractivity contribution in [2.75, 3.05) is 6.26 Å². The van der Waals surface area contributed by atoms with Gasteiger partial charge in [0.15, 0.2) is 0 Å². The van der Waals surface area contributed by atoms with E-state index in [-0.39, 0.29) is 11.3 Å². The van der Waals surface area contributed by atoms with E-state index in [0.29, 0.717) is 5.92 Å². The molecule has 1 aromatic rings. The number of sulfone groups is 1. The molecule has 3 rings (SSSR count). The molecular formula is C16H25NO2S2. The topological polar surface area (TPSA) is 60.2 Å². The minimum Gasteiger partial charge on any atom is -0.323 e. The van der Waals surface area contributed by atoms with Crippen molar-refractivity contribution >= 4 is 21.2 Å². The number of aryl methyl sites for hydroxylation is 2. The molecule has 21 heavy (non-hydrogen) atoms. The molecule has 0 spiro atoms. The molecule has 1 heterocycles. The molecule has 1 saturated carbocycles. The van der Waals surface area contributed by atoms with Crippen molar-refractivity contribution in [1.82, 2.24) is 0 Å². The van der Waals surface area contributed by atoms with Gasteiger partial charge < -0.3 is 5.73 Å². The molecule has 2 aliphatic rings. The first-order valence-corrected chi connectivity index (χ1v) is 10.8. The van der Waals surface area contributed by atoms with Crippen molar-refractivity contribution in [3.8, 4) is 0 Å². The van der Waals surface area contributed by atoms with E-state index in [1.165, 1.54) is 47.3 Å². The molecule has 1 aromatic heterocycles. The number of rotatable bonds is 3. The van der Waals surface area contributed by atoms with E-state index >= 15 is 0 Å². The minimum absolute atomic E-state index is 0.0187. The van der Waals surface area contributed by atoms with Crippen LogP contribution in [0, 0.1) is 5.92 Å². The molecule has 0 saturated heterocycles. The maximum absolute atomic E-state index is 11.8. The molecule has 1 fully saturated rings. The summed E-state index contributed by atoms with van der Waals surface area (Å²) < 4.78 is 23.6. The fourth-order valence-corrected chi connectivity index (χ4v) is 6.35. The number of nitrogens with two attached hydrogens (primary N) is 1. The van der Waals surface area contributed by atoms with Crippen LogP contribution in [0.5, 0.6) is 0 Å². The Morgan fingerprint density at radius 1 is 1.24 bits per heavy atom. The van der Waals surface area contributed by atoms with Crippen LogP contribution in [0.2, 0.25) is 0 Å². The number of hydrogen-bond acceptors (Lipinski definition) is 4. The van der Waals surface area contributed by atoms with Crippen LogP contribution in [0.4, 0.5) is 0 Å². The van der Waals surface area contributed by atoms with Crippen molar-refractivity contribution in [2.24, 2.45) is 11.7 Å². The van der Waals surface area contributed by atoms with Gasteiger partial charge in [-0.3, -0.25) is 0 Å². The molecule has 0 amide bonds. The van der Waals surface area contributed by atoms with Gasteiger partial charge >= 0.3 is 0 Å². The van der Waals surface area contributed by atoms with Crippen molar-refractivity contribution in [2.45, 2.75) is 62.7 Å². The van der Waals surface area contributed by atoms with Crippen LogP contribution in [0.3, 0.4) is 0 Å². The summed E-state index contributed by atoms with van der Waals surface area (Å²) in [6.45, 7) is 0. The van der Waals surface area contributed by atoms with Gasteiger partial charge in [-0.05, 0) is 62.5 Å². The summed E-state index contributed by atoms with van der Waals surface area (Å²) in [5.74, 6) is 0.318. The lowest BCUT2D eigenvalue weighted by molar-refractivity contribution is 0.311. The van der Waals surface area contributed by atoms with Gasteiger partial charge in [-0.2, -0.15) is 0 Å². The minimum atomic E-state index is -2.93. The van der Waals surface area contributed by atoms with Gasteiger partial charge in [-0.1, -0.05) is 6.42 Å². The van der Waals surface area contributed by atoms with E-state index in [1.54, 1.807) is 0 Å².